The molecule has 22 heavy (non-hydrogen) atoms. The smallest absolute Gasteiger partial charge is 0.241 e. The van der Waals surface area contributed by atoms with Crippen molar-refractivity contribution in [3.8, 4) is 0 Å². The second kappa shape index (κ2) is 7.07. The number of carbonyl (C=O) groups excluding carboxylic acids is 1. The SMILES string of the molecule is Cc1ccc(NC(=O)C2CC(C)CCN2)c2cccnc12.Cl. The number of carbonyl (C=O) groups is 1. The summed E-state index contributed by atoms with van der Waals surface area (Å²) >= 11 is 0. The Labute approximate surface area is 137 Å². The number of benzene rings is 1. The fourth-order valence-electron chi connectivity index (χ4n) is 2.95. The highest BCUT2D eigenvalue weighted by atomic mass is 35.5. The average Bonchev–Trinajstić information content (AvgIpc) is 2.50. The van der Waals surface area contributed by atoms with Crippen molar-refractivity contribution >= 4 is 34.9 Å². The molecule has 1 aromatic carbocycles. The predicted octanol–water partition coefficient (Wildman–Crippen LogP) is 3.29. The standard InChI is InChI=1S/C17H21N3O.ClH/c1-11-7-9-18-15(10-11)17(21)20-14-6-5-12(2)16-13(14)4-3-8-19-16;/h3-6,8,11,15,18H,7,9-10H2,1-2H3,(H,20,21);1H. The van der Waals surface area contributed by atoms with Crippen LogP contribution >= 0.6 is 12.4 Å². The van der Waals surface area contributed by atoms with Crippen LogP contribution in [0.1, 0.15) is 25.3 Å². The highest BCUT2D eigenvalue weighted by molar-refractivity contribution is 6.03. The summed E-state index contributed by atoms with van der Waals surface area (Å²) in [5.41, 5.74) is 2.90. The molecule has 2 unspecified atom stereocenters. The number of fused-ring (bicyclic) bond motifs is 1. The van der Waals surface area contributed by atoms with Gasteiger partial charge in [0.25, 0.3) is 0 Å². The Morgan fingerprint density at radius 3 is 2.95 bits per heavy atom. The maximum atomic E-state index is 12.4. The van der Waals surface area contributed by atoms with Crippen LogP contribution in [0, 0.1) is 12.8 Å². The third-order valence-electron chi connectivity index (χ3n) is 4.21. The Kier molecular flexibility index (Phi) is 5.37. The topological polar surface area (TPSA) is 54.0 Å². The number of pyridine rings is 1. The van der Waals surface area contributed by atoms with Gasteiger partial charge in [0.15, 0.2) is 0 Å². The van der Waals surface area contributed by atoms with E-state index in [-0.39, 0.29) is 24.4 Å². The molecule has 1 aliphatic rings. The van der Waals surface area contributed by atoms with Gasteiger partial charge in [-0.1, -0.05) is 13.0 Å². The first kappa shape index (κ1) is 16.7. The molecule has 2 N–H and O–H groups in total. The zero-order valence-electron chi connectivity index (χ0n) is 12.9. The number of aromatic nitrogens is 1. The molecule has 1 saturated heterocycles. The van der Waals surface area contributed by atoms with Crippen molar-refractivity contribution in [2.45, 2.75) is 32.7 Å². The van der Waals surface area contributed by atoms with Crippen molar-refractivity contribution in [2.24, 2.45) is 5.92 Å². The summed E-state index contributed by atoms with van der Waals surface area (Å²) < 4.78 is 0. The van der Waals surface area contributed by atoms with E-state index >= 15 is 0 Å². The highest BCUT2D eigenvalue weighted by Crippen LogP contribution is 2.25. The van der Waals surface area contributed by atoms with Crippen LogP contribution in [0.2, 0.25) is 0 Å². The van der Waals surface area contributed by atoms with Gasteiger partial charge in [-0.15, -0.1) is 12.4 Å². The van der Waals surface area contributed by atoms with E-state index in [0.717, 1.165) is 41.5 Å². The van der Waals surface area contributed by atoms with Gasteiger partial charge in [0.1, 0.15) is 0 Å². The molecule has 5 heteroatoms. The Balaban J connectivity index is 0.00000176. The molecule has 2 aromatic rings. The molecule has 1 aromatic heterocycles. The second-order valence-electron chi connectivity index (χ2n) is 5.96. The molecule has 3 rings (SSSR count). The first-order valence-corrected chi connectivity index (χ1v) is 7.53. The lowest BCUT2D eigenvalue weighted by atomic mass is 9.94. The van der Waals surface area contributed by atoms with Crippen LogP contribution in [-0.4, -0.2) is 23.5 Å². The third kappa shape index (κ3) is 3.39. The molecule has 118 valence electrons. The van der Waals surface area contributed by atoms with Gasteiger partial charge in [0.2, 0.25) is 5.91 Å². The third-order valence-corrected chi connectivity index (χ3v) is 4.21. The molecule has 0 saturated carbocycles. The van der Waals surface area contributed by atoms with Crippen molar-refractivity contribution in [3.63, 3.8) is 0 Å². The van der Waals surface area contributed by atoms with Crippen molar-refractivity contribution in [1.82, 2.24) is 10.3 Å². The number of halogens is 1. The number of rotatable bonds is 2. The van der Waals surface area contributed by atoms with E-state index in [1.807, 2.05) is 31.2 Å². The fraction of sp³-hybridized carbons (Fsp3) is 0.412. The van der Waals surface area contributed by atoms with Crippen LogP contribution in [0.25, 0.3) is 10.9 Å². The minimum absolute atomic E-state index is 0. The second-order valence-corrected chi connectivity index (χ2v) is 5.96. The molecule has 4 nitrogen and oxygen atoms in total. The molecule has 0 spiro atoms. The summed E-state index contributed by atoms with van der Waals surface area (Å²) in [5.74, 6) is 0.647. The molecule has 2 heterocycles. The van der Waals surface area contributed by atoms with Crippen molar-refractivity contribution < 1.29 is 4.79 Å². The van der Waals surface area contributed by atoms with E-state index in [1.54, 1.807) is 6.20 Å². The first-order chi connectivity index (χ1) is 10.1. The zero-order valence-corrected chi connectivity index (χ0v) is 13.7. The molecule has 0 radical (unpaired) electrons. The van der Waals surface area contributed by atoms with Crippen LogP contribution in [0.5, 0.6) is 0 Å². The number of aryl methyl sites for hydroxylation is 1. The lowest BCUT2D eigenvalue weighted by molar-refractivity contribution is -0.119. The first-order valence-electron chi connectivity index (χ1n) is 7.53. The molecule has 2 atom stereocenters. The number of anilines is 1. The van der Waals surface area contributed by atoms with Gasteiger partial charge in [-0.05, 0) is 56.0 Å². The Hall–Kier alpha value is -1.65. The molecule has 1 fully saturated rings. The summed E-state index contributed by atoms with van der Waals surface area (Å²) in [4.78, 5) is 16.9. The predicted molar refractivity (Wildman–Crippen MR) is 92.5 cm³/mol. The van der Waals surface area contributed by atoms with Crippen LogP contribution in [-0.2, 0) is 4.79 Å². The minimum atomic E-state index is -0.0956. The van der Waals surface area contributed by atoms with Crippen molar-refractivity contribution in [3.05, 3.63) is 36.0 Å². The van der Waals surface area contributed by atoms with Gasteiger partial charge in [-0.2, -0.15) is 0 Å². The van der Waals surface area contributed by atoms with Crippen LogP contribution < -0.4 is 10.6 Å². The zero-order chi connectivity index (χ0) is 14.8. The number of amides is 1. The molecule has 1 amide bonds. The number of nitrogens with zero attached hydrogens (tertiary/aromatic N) is 1. The average molecular weight is 320 g/mol. The normalized spacial score (nSPS) is 21.2. The molecule has 1 aliphatic heterocycles. The van der Waals surface area contributed by atoms with E-state index in [2.05, 4.69) is 22.5 Å². The van der Waals surface area contributed by atoms with E-state index < -0.39 is 0 Å². The fourth-order valence-corrected chi connectivity index (χ4v) is 2.95. The summed E-state index contributed by atoms with van der Waals surface area (Å²) in [6, 6.07) is 7.77. The Morgan fingerprint density at radius 1 is 1.36 bits per heavy atom. The Morgan fingerprint density at radius 2 is 2.18 bits per heavy atom. The molecular weight excluding hydrogens is 298 g/mol. The lowest BCUT2D eigenvalue weighted by Crippen LogP contribution is -2.45. The van der Waals surface area contributed by atoms with Gasteiger partial charge in [-0.25, -0.2) is 0 Å². The van der Waals surface area contributed by atoms with Crippen LogP contribution in [0.4, 0.5) is 5.69 Å². The molecule has 0 bridgehead atoms. The van der Waals surface area contributed by atoms with Crippen molar-refractivity contribution in [2.75, 3.05) is 11.9 Å². The number of nitrogens with one attached hydrogen (secondary N) is 2. The summed E-state index contributed by atoms with van der Waals surface area (Å²) in [5, 5.41) is 7.36. The number of hydrogen-bond acceptors (Lipinski definition) is 3. The quantitative estimate of drug-likeness (QED) is 0.893. The summed E-state index contributed by atoms with van der Waals surface area (Å²) in [7, 11) is 0. The molecule has 0 aliphatic carbocycles. The molecular formula is C17H22ClN3O. The van der Waals surface area contributed by atoms with Gasteiger partial charge in [0.05, 0.1) is 17.2 Å². The monoisotopic (exact) mass is 319 g/mol. The Bertz CT molecular complexity index is 674. The van der Waals surface area contributed by atoms with Crippen LogP contribution in [0.15, 0.2) is 30.5 Å². The maximum Gasteiger partial charge on any atom is 0.241 e. The number of hydrogen-bond donors (Lipinski definition) is 2. The minimum Gasteiger partial charge on any atom is -0.324 e. The highest BCUT2D eigenvalue weighted by Gasteiger charge is 2.24. The maximum absolute atomic E-state index is 12.4. The van der Waals surface area contributed by atoms with E-state index in [4.69, 9.17) is 0 Å². The van der Waals surface area contributed by atoms with E-state index in [0.29, 0.717) is 5.92 Å². The number of piperidine rings is 1. The van der Waals surface area contributed by atoms with Gasteiger partial charge >= 0.3 is 0 Å². The van der Waals surface area contributed by atoms with Gasteiger partial charge in [-0.3, -0.25) is 9.78 Å². The van der Waals surface area contributed by atoms with Gasteiger partial charge in [0, 0.05) is 11.6 Å². The van der Waals surface area contributed by atoms with Crippen molar-refractivity contribution in [1.29, 1.82) is 0 Å². The van der Waals surface area contributed by atoms with Crippen LogP contribution in [0.3, 0.4) is 0 Å². The summed E-state index contributed by atoms with van der Waals surface area (Å²) in [6.07, 6.45) is 3.82. The van der Waals surface area contributed by atoms with E-state index in [1.165, 1.54) is 0 Å². The van der Waals surface area contributed by atoms with E-state index in [9.17, 15) is 4.79 Å². The largest absolute Gasteiger partial charge is 0.324 e. The van der Waals surface area contributed by atoms with Gasteiger partial charge < -0.3 is 10.6 Å². The summed E-state index contributed by atoms with van der Waals surface area (Å²) in [6.45, 7) is 5.15. The lowest BCUT2D eigenvalue weighted by Gasteiger charge is -2.27.